The van der Waals surface area contributed by atoms with Gasteiger partial charge >= 0.3 is 22.6 Å². The van der Waals surface area contributed by atoms with Crippen molar-refractivity contribution in [1.82, 2.24) is 14.2 Å². The second-order valence-electron chi connectivity index (χ2n) is 8.30. The minimum absolute atomic E-state index is 0.0644. The molecule has 1 amide bonds. The number of halogens is 3. The quantitative estimate of drug-likeness (QED) is 0.629. The first-order valence-electron chi connectivity index (χ1n) is 11.0. The van der Waals surface area contributed by atoms with Crippen LogP contribution in [-0.4, -0.2) is 67.5 Å². The van der Waals surface area contributed by atoms with Crippen LogP contribution in [0.15, 0.2) is 48.7 Å². The zero-order valence-electron chi connectivity index (χ0n) is 18.3. The number of carbonyl (C=O) groups excluding carboxylic acids is 1. The average molecular weight is 499 g/mol. The van der Waals surface area contributed by atoms with E-state index in [4.69, 9.17) is 4.18 Å². The van der Waals surface area contributed by atoms with Gasteiger partial charge in [-0.25, -0.2) is 9.78 Å². The van der Waals surface area contributed by atoms with Crippen molar-refractivity contribution in [1.29, 1.82) is 0 Å². The lowest BCUT2D eigenvalue weighted by atomic mass is 10.0. The number of nitrogens with zero attached hydrogens (tertiary/aromatic N) is 4. The van der Waals surface area contributed by atoms with Crippen molar-refractivity contribution in [3.05, 3.63) is 59.8 Å². The summed E-state index contributed by atoms with van der Waals surface area (Å²) < 4.78 is 71.7. The zero-order valence-corrected chi connectivity index (χ0v) is 19.1. The number of piperazine rings is 1. The lowest BCUT2D eigenvalue weighted by molar-refractivity contribution is -0.137. The molecule has 0 N–H and O–H groups in total. The summed E-state index contributed by atoms with van der Waals surface area (Å²) in [6.45, 7) is 1.00. The van der Waals surface area contributed by atoms with Gasteiger partial charge in [0, 0.05) is 45.0 Å². The number of anilines is 1. The van der Waals surface area contributed by atoms with Crippen LogP contribution in [0.25, 0.3) is 0 Å². The molecule has 0 saturated carbocycles. The Hall–Kier alpha value is -2.86. The molecular formula is C22H25F3N4O4S. The molecule has 4 rings (SSSR count). The van der Waals surface area contributed by atoms with Gasteiger partial charge in [0.15, 0.2) is 0 Å². The minimum Gasteiger partial charge on any atom is -0.354 e. The van der Waals surface area contributed by atoms with E-state index in [0.717, 1.165) is 41.0 Å². The highest BCUT2D eigenvalue weighted by atomic mass is 32.2. The van der Waals surface area contributed by atoms with Crippen LogP contribution in [0, 0.1) is 0 Å². The first-order valence-corrected chi connectivity index (χ1v) is 12.3. The maximum atomic E-state index is 13.2. The number of alkyl halides is 3. The first-order chi connectivity index (χ1) is 16.1. The third-order valence-corrected chi connectivity index (χ3v) is 7.38. The topological polar surface area (TPSA) is 83.0 Å². The normalized spacial score (nSPS) is 19.9. The second-order valence-corrected chi connectivity index (χ2v) is 9.79. The van der Waals surface area contributed by atoms with Gasteiger partial charge in [-0.3, -0.25) is 0 Å². The van der Waals surface area contributed by atoms with Crippen molar-refractivity contribution in [2.45, 2.75) is 31.5 Å². The Morgan fingerprint density at radius 3 is 2.44 bits per heavy atom. The van der Waals surface area contributed by atoms with Crippen LogP contribution in [0.1, 0.15) is 24.0 Å². The van der Waals surface area contributed by atoms with Crippen LogP contribution < -0.4 is 4.90 Å². The minimum atomic E-state index is -4.52. The number of amides is 1. The third kappa shape index (κ3) is 5.61. The Bertz CT molecular complexity index is 1110. The molecule has 1 aromatic heterocycles. The van der Waals surface area contributed by atoms with Gasteiger partial charge in [-0.05, 0) is 37.0 Å². The van der Waals surface area contributed by atoms with E-state index in [9.17, 15) is 26.4 Å². The monoisotopic (exact) mass is 498 g/mol. The molecule has 34 heavy (non-hydrogen) atoms. The van der Waals surface area contributed by atoms with E-state index < -0.39 is 34.2 Å². The summed E-state index contributed by atoms with van der Waals surface area (Å²) in [6, 6.07) is 10.3. The van der Waals surface area contributed by atoms with Crippen LogP contribution >= 0.6 is 0 Å². The van der Waals surface area contributed by atoms with Crippen LogP contribution in [0.3, 0.4) is 0 Å². The molecule has 2 saturated heterocycles. The molecule has 1 aromatic carbocycles. The highest BCUT2D eigenvalue weighted by Crippen LogP contribution is 2.31. The largest absolute Gasteiger partial charge is 0.426 e. The van der Waals surface area contributed by atoms with E-state index >= 15 is 0 Å². The Morgan fingerprint density at radius 1 is 1.06 bits per heavy atom. The van der Waals surface area contributed by atoms with E-state index in [1.165, 1.54) is 4.90 Å². The molecule has 184 valence electrons. The number of pyridine rings is 1. The number of carbonyl (C=O) groups is 1. The molecule has 3 heterocycles. The Kier molecular flexibility index (Phi) is 6.99. The van der Waals surface area contributed by atoms with Gasteiger partial charge in [0.05, 0.1) is 5.56 Å². The Morgan fingerprint density at radius 2 is 1.76 bits per heavy atom. The smallest absolute Gasteiger partial charge is 0.354 e. The highest BCUT2D eigenvalue weighted by Gasteiger charge is 2.40. The summed E-state index contributed by atoms with van der Waals surface area (Å²) in [6.07, 6.45) is -2.47. The number of likely N-dealkylation sites (tertiary alicyclic amines) is 1. The van der Waals surface area contributed by atoms with Gasteiger partial charge in [0.25, 0.3) is 0 Å². The molecule has 0 bridgehead atoms. The first kappa shape index (κ1) is 24.3. The number of hydrogen-bond donors (Lipinski definition) is 0. The molecule has 1 unspecified atom stereocenters. The van der Waals surface area contributed by atoms with Gasteiger partial charge in [-0.1, -0.05) is 30.3 Å². The van der Waals surface area contributed by atoms with Crippen molar-refractivity contribution in [3.63, 3.8) is 0 Å². The molecule has 2 aliphatic rings. The van der Waals surface area contributed by atoms with Crippen LogP contribution in [0.5, 0.6) is 0 Å². The summed E-state index contributed by atoms with van der Waals surface area (Å²) in [4.78, 5) is 19.4. The molecule has 0 spiro atoms. The maximum Gasteiger partial charge on any atom is 0.426 e. The SMILES string of the molecule is O=C(OS(=O)(=O)N1CCN(c2cc(C(F)(F)F)ccn2)CC1Cc1ccccc1)N1CCCC1. The van der Waals surface area contributed by atoms with E-state index in [-0.39, 0.29) is 31.9 Å². The van der Waals surface area contributed by atoms with E-state index in [0.29, 0.717) is 13.1 Å². The van der Waals surface area contributed by atoms with Crippen molar-refractivity contribution in [2.75, 3.05) is 37.6 Å². The molecular weight excluding hydrogens is 473 g/mol. The summed E-state index contributed by atoms with van der Waals surface area (Å²) >= 11 is 0. The van der Waals surface area contributed by atoms with Gasteiger partial charge in [0.2, 0.25) is 0 Å². The molecule has 2 fully saturated rings. The van der Waals surface area contributed by atoms with Gasteiger partial charge < -0.3 is 14.0 Å². The number of rotatable bonds is 5. The molecule has 1 atom stereocenters. The summed E-state index contributed by atoms with van der Waals surface area (Å²) in [5.74, 6) is 0.110. The Labute approximate surface area is 196 Å². The molecule has 2 aromatic rings. The van der Waals surface area contributed by atoms with Gasteiger partial charge in [-0.15, -0.1) is 0 Å². The number of benzene rings is 1. The second kappa shape index (κ2) is 9.79. The van der Waals surface area contributed by atoms with Gasteiger partial charge in [0.1, 0.15) is 5.82 Å². The fourth-order valence-corrected chi connectivity index (χ4v) is 5.44. The highest BCUT2D eigenvalue weighted by molar-refractivity contribution is 7.84. The van der Waals surface area contributed by atoms with Crippen molar-refractivity contribution < 1.29 is 30.6 Å². The van der Waals surface area contributed by atoms with Crippen LogP contribution in [0.2, 0.25) is 0 Å². The lowest BCUT2D eigenvalue weighted by Gasteiger charge is -2.40. The standard InChI is InChI=1S/C22H25F3N4O4S/c23-22(24,25)18-8-9-26-20(15-18)28-12-13-29(19(16-28)14-17-6-2-1-3-7-17)34(31,32)33-21(30)27-10-4-5-11-27/h1-3,6-9,15,19H,4-5,10-14,16H2. The van der Waals surface area contributed by atoms with E-state index in [2.05, 4.69) is 4.98 Å². The van der Waals surface area contributed by atoms with E-state index in [1.807, 2.05) is 30.3 Å². The fourth-order valence-electron chi connectivity index (χ4n) is 4.25. The maximum absolute atomic E-state index is 13.2. The Balaban J connectivity index is 1.57. The third-order valence-electron chi connectivity index (χ3n) is 5.97. The van der Waals surface area contributed by atoms with Crippen molar-refractivity contribution in [3.8, 4) is 0 Å². The molecule has 12 heteroatoms. The van der Waals surface area contributed by atoms with Crippen molar-refractivity contribution in [2.24, 2.45) is 0 Å². The van der Waals surface area contributed by atoms with Crippen LogP contribution in [0.4, 0.5) is 23.8 Å². The summed E-state index contributed by atoms with van der Waals surface area (Å²) in [5.41, 5.74) is 0.0177. The fraction of sp³-hybridized carbons (Fsp3) is 0.455. The van der Waals surface area contributed by atoms with Crippen molar-refractivity contribution >= 4 is 22.2 Å². The summed E-state index contributed by atoms with van der Waals surface area (Å²) in [7, 11) is -4.41. The van der Waals surface area contributed by atoms with Gasteiger partial charge in [-0.2, -0.15) is 25.9 Å². The molecule has 0 radical (unpaired) electrons. The molecule has 0 aliphatic carbocycles. The predicted molar refractivity (Wildman–Crippen MR) is 118 cm³/mol. The molecule has 8 nitrogen and oxygen atoms in total. The predicted octanol–water partition coefficient (Wildman–Crippen LogP) is 3.31. The lowest BCUT2D eigenvalue weighted by Crippen LogP contribution is -2.57. The zero-order chi connectivity index (χ0) is 24.3. The number of hydrogen-bond acceptors (Lipinski definition) is 6. The number of aromatic nitrogens is 1. The van der Waals surface area contributed by atoms with E-state index in [1.54, 1.807) is 4.90 Å². The summed E-state index contributed by atoms with van der Waals surface area (Å²) in [5, 5.41) is 0. The van der Waals surface area contributed by atoms with Crippen LogP contribution in [-0.2, 0) is 27.1 Å². The molecule has 2 aliphatic heterocycles. The average Bonchev–Trinajstić information content (AvgIpc) is 3.34.